The highest BCUT2D eigenvalue weighted by molar-refractivity contribution is 7.15. The standard InChI is InChI=1S/C16H19N3OS/c1-3-6-12-7-4-5-8-13(12)17-11-14-15(20-2)18-16-19(14)9-10-21-16/h4-5,7-10,17H,3,6,11H2,1-2H3. The average Bonchev–Trinajstić information content (AvgIpc) is 3.07. The van der Waals surface area contributed by atoms with Crippen molar-refractivity contribution in [3.63, 3.8) is 0 Å². The van der Waals surface area contributed by atoms with Gasteiger partial charge in [0.05, 0.1) is 13.7 Å². The van der Waals surface area contributed by atoms with Crippen molar-refractivity contribution in [3.8, 4) is 5.88 Å². The zero-order chi connectivity index (χ0) is 14.7. The molecule has 0 amide bonds. The Bertz CT molecular complexity index is 732. The van der Waals surface area contributed by atoms with Crippen molar-refractivity contribution in [1.29, 1.82) is 0 Å². The molecule has 3 rings (SSSR count). The number of fused-ring (bicyclic) bond motifs is 1. The molecular weight excluding hydrogens is 282 g/mol. The molecule has 0 bridgehead atoms. The molecule has 0 saturated heterocycles. The molecule has 0 aliphatic heterocycles. The van der Waals surface area contributed by atoms with E-state index in [2.05, 4.69) is 45.9 Å². The van der Waals surface area contributed by atoms with E-state index in [1.54, 1.807) is 18.4 Å². The van der Waals surface area contributed by atoms with Crippen LogP contribution in [0.4, 0.5) is 5.69 Å². The summed E-state index contributed by atoms with van der Waals surface area (Å²) in [5.74, 6) is 0.697. The second-order valence-electron chi connectivity index (χ2n) is 4.88. The van der Waals surface area contributed by atoms with Gasteiger partial charge in [-0.1, -0.05) is 31.5 Å². The Morgan fingerprint density at radius 2 is 2.19 bits per heavy atom. The van der Waals surface area contributed by atoms with E-state index in [4.69, 9.17) is 4.74 Å². The van der Waals surface area contributed by atoms with Crippen LogP contribution in [0.25, 0.3) is 4.96 Å². The molecular formula is C16H19N3OS. The molecule has 0 fully saturated rings. The third kappa shape index (κ3) is 2.74. The van der Waals surface area contributed by atoms with Gasteiger partial charge in [0.2, 0.25) is 5.88 Å². The minimum atomic E-state index is 0.696. The zero-order valence-electron chi connectivity index (χ0n) is 12.3. The Morgan fingerprint density at radius 3 is 3.00 bits per heavy atom. The summed E-state index contributed by atoms with van der Waals surface area (Å²) in [6.45, 7) is 2.90. The van der Waals surface area contributed by atoms with Crippen LogP contribution in [0.2, 0.25) is 0 Å². The van der Waals surface area contributed by atoms with E-state index < -0.39 is 0 Å². The van der Waals surface area contributed by atoms with Crippen LogP contribution >= 0.6 is 11.3 Å². The van der Waals surface area contributed by atoms with Crippen LogP contribution in [0.5, 0.6) is 5.88 Å². The molecule has 0 atom stereocenters. The van der Waals surface area contributed by atoms with Gasteiger partial charge >= 0.3 is 0 Å². The summed E-state index contributed by atoms with van der Waals surface area (Å²) in [6.07, 6.45) is 4.26. The molecule has 0 aliphatic carbocycles. The lowest BCUT2D eigenvalue weighted by Gasteiger charge is -2.11. The Hall–Kier alpha value is -2.01. The fraction of sp³-hybridized carbons (Fsp3) is 0.312. The molecule has 0 spiro atoms. The van der Waals surface area contributed by atoms with Gasteiger partial charge in [-0.05, 0) is 18.1 Å². The van der Waals surface area contributed by atoms with Crippen LogP contribution in [-0.2, 0) is 13.0 Å². The predicted octanol–water partition coefficient (Wildman–Crippen LogP) is 3.97. The quantitative estimate of drug-likeness (QED) is 0.748. The Balaban J connectivity index is 1.84. The normalized spacial score (nSPS) is 11.0. The number of benzene rings is 1. The molecule has 0 aliphatic rings. The van der Waals surface area contributed by atoms with E-state index in [1.165, 1.54) is 11.3 Å². The van der Waals surface area contributed by atoms with Gasteiger partial charge in [0, 0.05) is 17.3 Å². The van der Waals surface area contributed by atoms with E-state index >= 15 is 0 Å². The second kappa shape index (κ2) is 6.18. The molecule has 0 radical (unpaired) electrons. The van der Waals surface area contributed by atoms with Crippen molar-refractivity contribution in [2.45, 2.75) is 26.3 Å². The number of hydrogen-bond acceptors (Lipinski definition) is 4. The molecule has 2 heterocycles. The first kappa shape index (κ1) is 13.9. The molecule has 0 saturated carbocycles. The topological polar surface area (TPSA) is 38.6 Å². The number of rotatable bonds is 6. The molecule has 110 valence electrons. The molecule has 5 heteroatoms. The number of para-hydroxylation sites is 1. The smallest absolute Gasteiger partial charge is 0.238 e. The summed E-state index contributed by atoms with van der Waals surface area (Å²) in [4.78, 5) is 5.44. The molecule has 1 aromatic carbocycles. The highest BCUT2D eigenvalue weighted by Gasteiger charge is 2.13. The maximum atomic E-state index is 5.39. The van der Waals surface area contributed by atoms with Crippen molar-refractivity contribution in [2.75, 3.05) is 12.4 Å². The number of nitrogens with one attached hydrogen (secondary N) is 1. The van der Waals surface area contributed by atoms with E-state index in [0.717, 1.165) is 23.5 Å². The largest absolute Gasteiger partial charge is 0.480 e. The SMILES string of the molecule is CCCc1ccccc1NCc1c(OC)nc2sccn12. The number of aromatic nitrogens is 2. The maximum absolute atomic E-state index is 5.39. The van der Waals surface area contributed by atoms with Gasteiger partial charge in [0.25, 0.3) is 0 Å². The van der Waals surface area contributed by atoms with Crippen LogP contribution in [0, 0.1) is 0 Å². The first-order chi connectivity index (χ1) is 10.3. The number of nitrogens with zero attached hydrogens (tertiary/aromatic N) is 2. The third-order valence-electron chi connectivity index (χ3n) is 3.50. The number of thiazole rings is 1. The van der Waals surface area contributed by atoms with Crippen molar-refractivity contribution < 1.29 is 4.74 Å². The highest BCUT2D eigenvalue weighted by Crippen LogP contribution is 2.25. The molecule has 2 aromatic heterocycles. The third-order valence-corrected chi connectivity index (χ3v) is 4.26. The van der Waals surface area contributed by atoms with Crippen LogP contribution in [0.1, 0.15) is 24.6 Å². The first-order valence-corrected chi connectivity index (χ1v) is 8.01. The molecule has 3 aromatic rings. The van der Waals surface area contributed by atoms with Gasteiger partial charge in [-0.25, -0.2) is 0 Å². The monoisotopic (exact) mass is 301 g/mol. The lowest BCUT2D eigenvalue weighted by molar-refractivity contribution is 0.395. The summed E-state index contributed by atoms with van der Waals surface area (Å²) in [7, 11) is 1.67. The maximum Gasteiger partial charge on any atom is 0.238 e. The second-order valence-corrected chi connectivity index (χ2v) is 5.76. The van der Waals surface area contributed by atoms with Crippen LogP contribution < -0.4 is 10.1 Å². The molecule has 21 heavy (non-hydrogen) atoms. The lowest BCUT2D eigenvalue weighted by Crippen LogP contribution is -2.05. The molecule has 4 nitrogen and oxygen atoms in total. The van der Waals surface area contributed by atoms with Gasteiger partial charge in [0.15, 0.2) is 4.96 Å². The average molecular weight is 301 g/mol. The Kier molecular flexibility index (Phi) is 4.10. The van der Waals surface area contributed by atoms with Crippen molar-refractivity contribution >= 4 is 22.0 Å². The Morgan fingerprint density at radius 1 is 1.33 bits per heavy atom. The number of imidazole rings is 1. The summed E-state index contributed by atoms with van der Waals surface area (Å²) in [5, 5.41) is 5.56. The minimum Gasteiger partial charge on any atom is -0.480 e. The van der Waals surface area contributed by atoms with Gasteiger partial charge in [-0.3, -0.25) is 4.40 Å². The molecule has 1 N–H and O–H groups in total. The fourth-order valence-electron chi connectivity index (χ4n) is 2.50. The first-order valence-electron chi connectivity index (χ1n) is 7.13. The van der Waals surface area contributed by atoms with E-state index in [1.807, 2.05) is 11.6 Å². The summed E-state index contributed by atoms with van der Waals surface area (Å²) >= 11 is 1.61. The minimum absolute atomic E-state index is 0.696. The van der Waals surface area contributed by atoms with E-state index in [-0.39, 0.29) is 0 Å². The van der Waals surface area contributed by atoms with Gasteiger partial charge < -0.3 is 10.1 Å². The van der Waals surface area contributed by atoms with E-state index in [0.29, 0.717) is 12.4 Å². The van der Waals surface area contributed by atoms with Crippen LogP contribution in [0.15, 0.2) is 35.8 Å². The number of ether oxygens (including phenoxy) is 1. The van der Waals surface area contributed by atoms with Crippen molar-refractivity contribution in [1.82, 2.24) is 9.38 Å². The predicted molar refractivity (Wildman–Crippen MR) is 87.4 cm³/mol. The van der Waals surface area contributed by atoms with Crippen LogP contribution in [-0.4, -0.2) is 16.5 Å². The number of aryl methyl sites for hydroxylation is 1. The summed E-state index contributed by atoms with van der Waals surface area (Å²) in [6, 6.07) is 8.46. The lowest BCUT2D eigenvalue weighted by atomic mass is 10.1. The summed E-state index contributed by atoms with van der Waals surface area (Å²) < 4.78 is 7.47. The summed E-state index contributed by atoms with van der Waals surface area (Å²) in [5.41, 5.74) is 3.59. The van der Waals surface area contributed by atoms with E-state index in [9.17, 15) is 0 Å². The molecule has 0 unspecified atom stereocenters. The number of hydrogen-bond donors (Lipinski definition) is 1. The van der Waals surface area contributed by atoms with Crippen molar-refractivity contribution in [2.24, 2.45) is 0 Å². The number of methoxy groups -OCH3 is 1. The van der Waals surface area contributed by atoms with Gasteiger partial charge in [0.1, 0.15) is 5.69 Å². The fourth-order valence-corrected chi connectivity index (χ4v) is 3.22. The van der Waals surface area contributed by atoms with Gasteiger partial charge in [-0.15, -0.1) is 11.3 Å². The van der Waals surface area contributed by atoms with Crippen LogP contribution in [0.3, 0.4) is 0 Å². The zero-order valence-corrected chi connectivity index (χ0v) is 13.1. The van der Waals surface area contributed by atoms with Gasteiger partial charge in [-0.2, -0.15) is 4.98 Å². The highest BCUT2D eigenvalue weighted by atomic mass is 32.1. The number of anilines is 1. The Labute approximate surface area is 128 Å². The van der Waals surface area contributed by atoms with Crippen molar-refractivity contribution in [3.05, 3.63) is 47.1 Å².